The molecule has 0 bridgehead atoms. The van der Waals surface area contributed by atoms with Crippen LogP contribution < -0.4 is 15.4 Å². The summed E-state index contributed by atoms with van der Waals surface area (Å²) in [4.78, 5) is 28.7. The number of benzene rings is 2. The number of ether oxygens (including phenoxy) is 1. The fourth-order valence-electron chi connectivity index (χ4n) is 2.57. The van der Waals surface area contributed by atoms with Gasteiger partial charge >= 0.3 is 0 Å². The summed E-state index contributed by atoms with van der Waals surface area (Å²) in [6, 6.07) is 14.0. The Bertz CT molecular complexity index is 966. The summed E-state index contributed by atoms with van der Waals surface area (Å²) in [7, 11) is 0. The van der Waals surface area contributed by atoms with Crippen molar-refractivity contribution in [2.24, 2.45) is 0 Å². The highest BCUT2D eigenvalue weighted by Crippen LogP contribution is 2.18. The third kappa shape index (κ3) is 4.73. The van der Waals surface area contributed by atoms with Crippen LogP contribution in [0.15, 0.2) is 48.5 Å². The van der Waals surface area contributed by atoms with Gasteiger partial charge in [0.15, 0.2) is 5.82 Å². The number of rotatable bonds is 7. The lowest BCUT2D eigenvalue weighted by atomic mass is 10.2. The topological polar surface area (TPSA) is 109 Å². The van der Waals surface area contributed by atoms with Crippen LogP contribution in [0.3, 0.4) is 0 Å². The van der Waals surface area contributed by atoms with Crippen LogP contribution in [0, 0.1) is 6.92 Å². The van der Waals surface area contributed by atoms with Crippen molar-refractivity contribution in [1.82, 2.24) is 20.5 Å². The summed E-state index contributed by atoms with van der Waals surface area (Å²) in [6.45, 7) is 3.97. The number of carbonyl (C=O) groups is 2. The van der Waals surface area contributed by atoms with Crippen LogP contribution >= 0.6 is 0 Å². The van der Waals surface area contributed by atoms with Crippen molar-refractivity contribution in [3.63, 3.8) is 0 Å². The SMILES string of the molecule is CCOc1ccccc1C(=O)NCC(=O)Nc1ccc(-c2n[nH]c(C)n2)cc1. The maximum Gasteiger partial charge on any atom is 0.255 e. The molecule has 0 unspecified atom stereocenters. The van der Waals surface area contributed by atoms with Crippen LogP contribution in [-0.2, 0) is 4.79 Å². The molecule has 28 heavy (non-hydrogen) atoms. The highest BCUT2D eigenvalue weighted by atomic mass is 16.5. The largest absolute Gasteiger partial charge is 0.493 e. The molecule has 3 N–H and O–H groups in total. The van der Waals surface area contributed by atoms with Gasteiger partial charge in [0.2, 0.25) is 5.91 Å². The molecule has 0 fully saturated rings. The van der Waals surface area contributed by atoms with E-state index in [2.05, 4.69) is 25.8 Å². The smallest absolute Gasteiger partial charge is 0.255 e. The number of aromatic amines is 1. The van der Waals surface area contributed by atoms with Gasteiger partial charge in [-0.2, -0.15) is 5.10 Å². The van der Waals surface area contributed by atoms with Gasteiger partial charge in [0.25, 0.3) is 5.91 Å². The normalized spacial score (nSPS) is 10.4. The van der Waals surface area contributed by atoms with E-state index in [-0.39, 0.29) is 18.4 Å². The Morgan fingerprint density at radius 1 is 1.11 bits per heavy atom. The number of hydrogen-bond acceptors (Lipinski definition) is 5. The third-order valence-electron chi connectivity index (χ3n) is 3.87. The third-order valence-corrected chi connectivity index (χ3v) is 3.87. The van der Waals surface area contributed by atoms with Gasteiger partial charge in [0.1, 0.15) is 11.6 Å². The molecule has 0 aliphatic carbocycles. The number of aryl methyl sites for hydroxylation is 1. The number of H-pyrrole nitrogens is 1. The molecule has 0 radical (unpaired) electrons. The van der Waals surface area contributed by atoms with E-state index < -0.39 is 0 Å². The van der Waals surface area contributed by atoms with Crippen LogP contribution in [0.1, 0.15) is 23.1 Å². The molecule has 0 aliphatic rings. The van der Waals surface area contributed by atoms with Gasteiger partial charge in [0.05, 0.1) is 18.7 Å². The Kier molecular flexibility index (Phi) is 6.01. The second kappa shape index (κ2) is 8.81. The first-order valence-corrected chi connectivity index (χ1v) is 8.86. The fraction of sp³-hybridized carbons (Fsp3) is 0.200. The minimum atomic E-state index is -0.366. The second-order valence-corrected chi connectivity index (χ2v) is 5.98. The van der Waals surface area contributed by atoms with Gasteiger partial charge in [-0.3, -0.25) is 14.7 Å². The van der Waals surface area contributed by atoms with E-state index in [4.69, 9.17) is 4.74 Å². The van der Waals surface area contributed by atoms with Crippen molar-refractivity contribution in [3.8, 4) is 17.1 Å². The molecule has 3 rings (SSSR count). The summed E-state index contributed by atoms with van der Waals surface area (Å²) in [5.41, 5.74) is 1.84. The number of aromatic nitrogens is 3. The number of para-hydroxylation sites is 1. The average molecular weight is 379 g/mol. The zero-order valence-corrected chi connectivity index (χ0v) is 15.7. The van der Waals surface area contributed by atoms with Crippen molar-refractivity contribution < 1.29 is 14.3 Å². The molecule has 2 aromatic carbocycles. The molecular formula is C20H21N5O3. The highest BCUT2D eigenvalue weighted by Gasteiger charge is 2.13. The number of amides is 2. The monoisotopic (exact) mass is 379 g/mol. The first-order chi connectivity index (χ1) is 13.6. The van der Waals surface area contributed by atoms with Crippen LogP contribution in [0.4, 0.5) is 5.69 Å². The van der Waals surface area contributed by atoms with E-state index in [0.717, 1.165) is 11.4 Å². The van der Waals surface area contributed by atoms with E-state index in [9.17, 15) is 9.59 Å². The maximum atomic E-state index is 12.3. The van der Waals surface area contributed by atoms with E-state index in [1.807, 2.05) is 26.0 Å². The van der Waals surface area contributed by atoms with Gasteiger partial charge in [-0.05, 0) is 50.2 Å². The Morgan fingerprint density at radius 3 is 2.54 bits per heavy atom. The molecule has 1 aromatic heterocycles. The van der Waals surface area contributed by atoms with Crippen molar-refractivity contribution in [3.05, 3.63) is 59.9 Å². The van der Waals surface area contributed by atoms with Crippen molar-refractivity contribution >= 4 is 17.5 Å². The predicted molar refractivity (Wildman–Crippen MR) is 105 cm³/mol. The molecule has 0 saturated carbocycles. The van der Waals surface area contributed by atoms with Crippen LogP contribution in [-0.4, -0.2) is 40.1 Å². The molecule has 8 heteroatoms. The van der Waals surface area contributed by atoms with Gasteiger partial charge < -0.3 is 15.4 Å². The summed E-state index contributed by atoms with van der Waals surface area (Å²) < 4.78 is 5.44. The van der Waals surface area contributed by atoms with Gasteiger partial charge in [-0.25, -0.2) is 4.98 Å². The lowest BCUT2D eigenvalue weighted by Crippen LogP contribution is -2.33. The molecule has 1 heterocycles. The van der Waals surface area contributed by atoms with Crippen LogP contribution in [0.25, 0.3) is 11.4 Å². The Hall–Kier alpha value is -3.68. The van der Waals surface area contributed by atoms with Crippen molar-refractivity contribution in [2.45, 2.75) is 13.8 Å². The van der Waals surface area contributed by atoms with Crippen molar-refractivity contribution in [2.75, 3.05) is 18.5 Å². The number of hydrogen-bond donors (Lipinski definition) is 3. The zero-order valence-electron chi connectivity index (χ0n) is 15.7. The predicted octanol–water partition coefficient (Wildman–Crippen LogP) is 2.55. The second-order valence-electron chi connectivity index (χ2n) is 5.98. The molecule has 0 aliphatic heterocycles. The number of nitrogens with zero attached hydrogens (tertiary/aromatic N) is 2. The number of nitrogens with one attached hydrogen (secondary N) is 3. The van der Waals surface area contributed by atoms with Crippen LogP contribution in [0.2, 0.25) is 0 Å². The molecule has 8 nitrogen and oxygen atoms in total. The first kappa shape index (κ1) is 19.1. The maximum absolute atomic E-state index is 12.3. The summed E-state index contributed by atoms with van der Waals surface area (Å²) in [5, 5.41) is 12.2. The fourth-order valence-corrected chi connectivity index (χ4v) is 2.57. The summed E-state index contributed by atoms with van der Waals surface area (Å²) >= 11 is 0. The van der Waals surface area contributed by atoms with E-state index in [1.165, 1.54) is 0 Å². The lowest BCUT2D eigenvalue weighted by Gasteiger charge is -2.10. The molecule has 0 saturated heterocycles. The summed E-state index contributed by atoms with van der Waals surface area (Å²) in [6.07, 6.45) is 0. The van der Waals surface area contributed by atoms with E-state index >= 15 is 0 Å². The molecular weight excluding hydrogens is 358 g/mol. The number of carbonyl (C=O) groups excluding carboxylic acids is 2. The van der Waals surface area contributed by atoms with E-state index in [1.54, 1.807) is 36.4 Å². The molecule has 3 aromatic rings. The Labute approximate surface area is 162 Å². The standard InChI is InChI=1S/C20H21N5O3/c1-3-28-17-7-5-4-6-16(17)20(27)21-12-18(26)23-15-10-8-14(9-11-15)19-22-13(2)24-25-19/h4-11H,3,12H2,1-2H3,(H,21,27)(H,23,26)(H,22,24,25). The van der Waals surface area contributed by atoms with Crippen LogP contribution in [0.5, 0.6) is 5.75 Å². The Balaban J connectivity index is 1.55. The highest BCUT2D eigenvalue weighted by molar-refractivity contribution is 6.00. The lowest BCUT2D eigenvalue weighted by molar-refractivity contribution is -0.115. The first-order valence-electron chi connectivity index (χ1n) is 8.86. The molecule has 2 amide bonds. The van der Waals surface area contributed by atoms with Gasteiger partial charge in [0, 0.05) is 11.3 Å². The molecule has 0 atom stereocenters. The average Bonchev–Trinajstić information content (AvgIpc) is 3.14. The van der Waals surface area contributed by atoms with Gasteiger partial charge in [-0.1, -0.05) is 12.1 Å². The minimum Gasteiger partial charge on any atom is -0.493 e. The quantitative estimate of drug-likeness (QED) is 0.584. The number of anilines is 1. The summed E-state index contributed by atoms with van der Waals surface area (Å²) in [5.74, 6) is 1.11. The molecule has 0 spiro atoms. The Morgan fingerprint density at radius 2 is 1.86 bits per heavy atom. The zero-order chi connectivity index (χ0) is 19.9. The minimum absolute atomic E-state index is 0.152. The van der Waals surface area contributed by atoms with E-state index in [0.29, 0.717) is 29.4 Å². The molecule has 144 valence electrons. The van der Waals surface area contributed by atoms with Gasteiger partial charge in [-0.15, -0.1) is 0 Å². The van der Waals surface area contributed by atoms with Crippen molar-refractivity contribution in [1.29, 1.82) is 0 Å².